The fraction of sp³-hybridized carbons (Fsp3) is 0.500. The van der Waals surface area contributed by atoms with Crippen LogP contribution in [0.1, 0.15) is 6.42 Å². The molecule has 0 spiro atoms. The van der Waals surface area contributed by atoms with Crippen molar-refractivity contribution < 1.29 is 16.8 Å². The van der Waals surface area contributed by atoms with E-state index in [9.17, 15) is 16.8 Å². The van der Waals surface area contributed by atoms with Crippen LogP contribution in [0.3, 0.4) is 0 Å². The normalized spacial score (nSPS) is 22.3. The summed E-state index contributed by atoms with van der Waals surface area (Å²) in [7, 11) is -7.06. The third kappa shape index (κ3) is 3.64. The van der Waals surface area contributed by atoms with Crippen molar-refractivity contribution in [1.82, 2.24) is 9.97 Å². The average Bonchev–Trinajstić information content (AvgIpc) is 2.64. The number of sulfone groups is 1. The van der Waals surface area contributed by atoms with Crippen molar-refractivity contribution in [3.05, 3.63) is 15.4 Å². The lowest BCUT2D eigenvalue weighted by Crippen LogP contribution is -2.29. The van der Waals surface area contributed by atoms with Crippen LogP contribution < -0.4 is 4.72 Å². The molecule has 19 heavy (non-hydrogen) atoms. The summed E-state index contributed by atoms with van der Waals surface area (Å²) in [6.45, 7) is 0. The van der Waals surface area contributed by atoms with Crippen molar-refractivity contribution in [2.75, 3.05) is 16.2 Å². The number of sulfonamides is 1. The largest absolute Gasteiger partial charge is 0.265 e. The molecule has 106 valence electrons. The summed E-state index contributed by atoms with van der Waals surface area (Å²) in [4.78, 5) is 7.81. The summed E-state index contributed by atoms with van der Waals surface area (Å²) in [5, 5.41) is -0.949. The van der Waals surface area contributed by atoms with Crippen LogP contribution in [-0.4, -0.2) is 43.6 Å². The molecule has 0 radical (unpaired) electrons. The number of aromatic nitrogens is 2. The molecule has 0 aliphatic carbocycles. The maximum atomic E-state index is 12.1. The Morgan fingerprint density at radius 2 is 2.05 bits per heavy atom. The number of anilines is 1. The maximum absolute atomic E-state index is 12.1. The second-order valence-corrected chi connectivity index (χ2v) is 9.76. The molecule has 1 aliphatic rings. The van der Waals surface area contributed by atoms with Crippen LogP contribution >= 0.6 is 31.9 Å². The van der Waals surface area contributed by atoms with Crippen molar-refractivity contribution >= 4 is 57.5 Å². The van der Waals surface area contributed by atoms with Gasteiger partial charge in [0.25, 0.3) is 0 Å². The lowest BCUT2D eigenvalue weighted by molar-refractivity contribution is 0.587. The van der Waals surface area contributed by atoms with Gasteiger partial charge >= 0.3 is 0 Å². The minimum absolute atomic E-state index is 0.0347. The predicted molar refractivity (Wildman–Crippen MR) is 77.0 cm³/mol. The Labute approximate surface area is 127 Å². The smallest absolute Gasteiger partial charge is 0.237 e. The summed E-state index contributed by atoms with van der Waals surface area (Å²) < 4.78 is 49.7. The van der Waals surface area contributed by atoms with Crippen LogP contribution in [-0.2, 0) is 19.9 Å². The van der Waals surface area contributed by atoms with Gasteiger partial charge in [-0.05, 0) is 38.3 Å². The van der Waals surface area contributed by atoms with Crippen LogP contribution in [0.2, 0.25) is 0 Å². The topological polar surface area (TPSA) is 106 Å². The van der Waals surface area contributed by atoms with E-state index in [-0.39, 0.29) is 28.3 Å². The third-order valence-corrected chi connectivity index (χ3v) is 7.24. The van der Waals surface area contributed by atoms with Gasteiger partial charge in [0.05, 0.1) is 23.0 Å². The number of rotatable bonds is 3. The molecule has 1 unspecified atom stereocenters. The monoisotopic (exact) mass is 433 g/mol. The van der Waals surface area contributed by atoms with Gasteiger partial charge in [-0.3, -0.25) is 4.72 Å². The number of hydrogen-bond donors (Lipinski definition) is 1. The lowest BCUT2D eigenvalue weighted by atomic mass is 10.4. The van der Waals surface area contributed by atoms with Gasteiger partial charge < -0.3 is 0 Å². The molecule has 7 nitrogen and oxygen atoms in total. The highest BCUT2D eigenvalue weighted by molar-refractivity contribution is 9.11. The Bertz CT molecular complexity index is 705. The van der Waals surface area contributed by atoms with E-state index in [1.54, 1.807) is 0 Å². The van der Waals surface area contributed by atoms with E-state index in [1.807, 2.05) is 0 Å². The minimum atomic E-state index is -3.80. The standard InChI is InChI=1S/C8H9Br2N3O4S2/c9-6-3-11-8(7(10)12-6)13-19(16,17)5-1-2-18(14,15)4-5/h3,5H,1-2,4H2,(H,11,13). The minimum Gasteiger partial charge on any atom is -0.265 e. The summed E-state index contributed by atoms with van der Waals surface area (Å²) in [6.07, 6.45) is 1.44. The first-order valence-electron chi connectivity index (χ1n) is 5.10. The molecule has 11 heteroatoms. The van der Waals surface area contributed by atoms with E-state index in [2.05, 4.69) is 46.5 Å². The van der Waals surface area contributed by atoms with Crippen LogP contribution in [0.5, 0.6) is 0 Å². The molecule has 1 aromatic rings. The van der Waals surface area contributed by atoms with E-state index < -0.39 is 25.1 Å². The Balaban J connectivity index is 2.23. The number of nitrogens with one attached hydrogen (secondary N) is 1. The molecule has 0 saturated carbocycles. The van der Waals surface area contributed by atoms with Crippen LogP contribution in [0.15, 0.2) is 15.4 Å². The fourth-order valence-corrected chi connectivity index (χ4v) is 6.73. The predicted octanol–water partition coefficient (Wildman–Crippen LogP) is 0.930. The van der Waals surface area contributed by atoms with Crippen molar-refractivity contribution in [1.29, 1.82) is 0 Å². The Kier molecular flexibility index (Phi) is 4.19. The molecule has 1 aliphatic heterocycles. The molecule has 0 bridgehead atoms. The highest BCUT2D eigenvalue weighted by Gasteiger charge is 2.37. The number of hydrogen-bond acceptors (Lipinski definition) is 6. The highest BCUT2D eigenvalue weighted by atomic mass is 79.9. The molecule has 1 saturated heterocycles. The zero-order chi connectivity index (χ0) is 14.3. The van der Waals surface area contributed by atoms with Gasteiger partial charge in [0.1, 0.15) is 4.60 Å². The first-order valence-corrected chi connectivity index (χ1v) is 10.0. The second kappa shape index (κ2) is 5.26. The molecular formula is C8H9Br2N3O4S2. The number of halogens is 2. The summed E-state index contributed by atoms with van der Waals surface area (Å²) >= 11 is 6.18. The van der Waals surface area contributed by atoms with Crippen LogP contribution in [0, 0.1) is 0 Å². The highest BCUT2D eigenvalue weighted by Crippen LogP contribution is 2.24. The Morgan fingerprint density at radius 3 is 2.58 bits per heavy atom. The molecule has 2 rings (SSSR count). The number of nitrogens with zero attached hydrogens (tertiary/aromatic N) is 2. The molecule has 1 atom stereocenters. The quantitative estimate of drug-likeness (QED) is 0.758. The van der Waals surface area contributed by atoms with E-state index >= 15 is 0 Å². The maximum Gasteiger partial charge on any atom is 0.237 e. The third-order valence-electron chi connectivity index (χ3n) is 2.57. The van der Waals surface area contributed by atoms with E-state index in [0.29, 0.717) is 4.60 Å². The average molecular weight is 435 g/mol. The molecule has 2 heterocycles. The van der Waals surface area contributed by atoms with E-state index in [4.69, 9.17) is 0 Å². The van der Waals surface area contributed by atoms with Crippen LogP contribution in [0.4, 0.5) is 5.82 Å². The zero-order valence-corrected chi connectivity index (χ0v) is 14.2. The van der Waals surface area contributed by atoms with Gasteiger partial charge in [-0.1, -0.05) is 0 Å². The van der Waals surface area contributed by atoms with Gasteiger partial charge in [-0.2, -0.15) is 0 Å². The SMILES string of the molecule is O=S1(=O)CCC(S(=O)(=O)Nc2ncc(Br)nc2Br)C1. The summed E-state index contributed by atoms with van der Waals surface area (Å²) in [5.41, 5.74) is 0. The molecule has 1 N–H and O–H groups in total. The van der Waals surface area contributed by atoms with Gasteiger partial charge in [0, 0.05) is 0 Å². The van der Waals surface area contributed by atoms with Crippen molar-refractivity contribution in [2.24, 2.45) is 0 Å². The first-order chi connectivity index (χ1) is 8.70. The van der Waals surface area contributed by atoms with E-state index in [1.165, 1.54) is 6.20 Å². The molecule has 1 aromatic heterocycles. The van der Waals surface area contributed by atoms with Gasteiger partial charge in [0.2, 0.25) is 10.0 Å². The lowest BCUT2D eigenvalue weighted by Gasteiger charge is -2.12. The van der Waals surface area contributed by atoms with Crippen LogP contribution in [0.25, 0.3) is 0 Å². The molecule has 0 amide bonds. The fourth-order valence-electron chi connectivity index (χ4n) is 1.64. The first kappa shape index (κ1) is 15.1. The summed E-state index contributed by atoms with van der Waals surface area (Å²) in [6, 6.07) is 0. The van der Waals surface area contributed by atoms with Gasteiger partial charge in [0.15, 0.2) is 20.3 Å². The summed E-state index contributed by atoms with van der Waals surface area (Å²) in [5.74, 6) is -0.428. The van der Waals surface area contributed by atoms with Crippen molar-refractivity contribution in [3.8, 4) is 0 Å². The zero-order valence-electron chi connectivity index (χ0n) is 9.38. The molecule has 0 aromatic carbocycles. The van der Waals surface area contributed by atoms with Gasteiger partial charge in [-0.25, -0.2) is 26.8 Å². The molecule has 1 fully saturated rings. The van der Waals surface area contributed by atoms with Crippen molar-refractivity contribution in [3.63, 3.8) is 0 Å². The Hall–Kier alpha value is -0.260. The molecular weight excluding hydrogens is 426 g/mol. The van der Waals surface area contributed by atoms with Crippen molar-refractivity contribution in [2.45, 2.75) is 11.7 Å². The Morgan fingerprint density at radius 1 is 1.37 bits per heavy atom. The second-order valence-electron chi connectivity index (χ2n) is 4.00. The van der Waals surface area contributed by atoms with Gasteiger partial charge in [-0.15, -0.1) is 0 Å². The van der Waals surface area contributed by atoms with E-state index in [0.717, 1.165) is 0 Å².